The van der Waals surface area contributed by atoms with Gasteiger partial charge in [0.2, 0.25) is 0 Å². The first kappa shape index (κ1) is 15.1. The standard InChI is InChI=1S/C17H16N2O4/c1-18-7-8-19-10-4-2-3-9-13(10)17(23)15-12(21)6-5-11(20)14(15)16(9)22/h2-6,18-21H,7-8H2,1H3. The van der Waals surface area contributed by atoms with E-state index >= 15 is 0 Å². The number of benzene rings is 2. The zero-order chi connectivity index (χ0) is 16.6. The second-order valence-corrected chi connectivity index (χ2v) is 5.27. The molecule has 1 aliphatic carbocycles. The number of phenols is 2. The summed E-state index contributed by atoms with van der Waals surface area (Å²) in [6.45, 7) is 1.27. The Labute approximate surface area is 132 Å². The highest BCUT2D eigenvalue weighted by atomic mass is 16.3. The van der Waals surface area contributed by atoms with Gasteiger partial charge in [-0.25, -0.2) is 0 Å². The van der Waals surface area contributed by atoms with Crippen molar-refractivity contribution in [3.8, 4) is 11.5 Å². The fraction of sp³-hybridized carbons (Fsp3) is 0.176. The monoisotopic (exact) mass is 312 g/mol. The van der Waals surface area contributed by atoms with E-state index in [1.54, 1.807) is 18.2 Å². The van der Waals surface area contributed by atoms with Crippen molar-refractivity contribution in [1.82, 2.24) is 5.32 Å². The predicted octanol–water partition coefficient (Wildman–Crippen LogP) is 1.50. The molecule has 0 amide bonds. The van der Waals surface area contributed by atoms with E-state index in [-0.39, 0.29) is 33.8 Å². The fourth-order valence-corrected chi connectivity index (χ4v) is 2.76. The zero-order valence-electron chi connectivity index (χ0n) is 12.5. The van der Waals surface area contributed by atoms with E-state index in [0.29, 0.717) is 18.8 Å². The van der Waals surface area contributed by atoms with Gasteiger partial charge in [-0.05, 0) is 25.2 Å². The number of aromatic hydroxyl groups is 2. The molecule has 4 N–H and O–H groups in total. The van der Waals surface area contributed by atoms with Crippen molar-refractivity contribution in [2.75, 3.05) is 25.5 Å². The molecule has 0 fully saturated rings. The van der Waals surface area contributed by atoms with E-state index in [0.717, 1.165) is 0 Å². The average molecular weight is 312 g/mol. The smallest absolute Gasteiger partial charge is 0.200 e. The zero-order valence-corrected chi connectivity index (χ0v) is 12.5. The van der Waals surface area contributed by atoms with Crippen LogP contribution in [0.3, 0.4) is 0 Å². The molecular formula is C17H16N2O4. The van der Waals surface area contributed by atoms with Gasteiger partial charge in [0.05, 0.1) is 16.7 Å². The Kier molecular flexibility index (Phi) is 3.75. The van der Waals surface area contributed by atoms with Crippen LogP contribution in [0, 0.1) is 0 Å². The highest BCUT2D eigenvalue weighted by Gasteiger charge is 2.35. The minimum absolute atomic E-state index is 0.144. The number of hydrogen-bond acceptors (Lipinski definition) is 6. The number of fused-ring (bicyclic) bond motifs is 2. The van der Waals surface area contributed by atoms with E-state index in [1.165, 1.54) is 12.1 Å². The summed E-state index contributed by atoms with van der Waals surface area (Å²) in [7, 11) is 1.81. The fourth-order valence-electron chi connectivity index (χ4n) is 2.76. The van der Waals surface area contributed by atoms with Gasteiger partial charge in [-0.15, -0.1) is 0 Å². The van der Waals surface area contributed by atoms with Crippen LogP contribution < -0.4 is 10.6 Å². The summed E-state index contributed by atoms with van der Waals surface area (Å²) in [6.07, 6.45) is 0. The highest BCUT2D eigenvalue weighted by Crippen LogP contribution is 2.39. The number of phenolic OH excluding ortho intramolecular Hbond substituents is 2. The molecule has 2 aromatic carbocycles. The molecule has 0 aromatic heterocycles. The molecule has 0 bridgehead atoms. The number of carbonyl (C=O) groups is 2. The molecule has 0 radical (unpaired) electrons. The van der Waals surface area contributed by atoms with Crippen molar-refractivity contribution in [1.29, 1.82) is 0 Å². The van der Waals surface area contributed by atoms with Crippen LogP contribution in [0.2, 0.25) is 0 Å². The van der Waals surface area contributed by atoms with Crippen LogP contribution in [0.5, 0.6) is 11.5 Å². The van der Waals surface area contributed by atoms with E-state index in [4.69, 9.17) is 0 Å². The first-order chi connectivity index (χ1) is 11.1. The Bertz CT molecular complexity index is 814. The molecule has 118 valence electrons. The Morgan fingerprint density at radius 2 is 1.52 bits per heavy atom. The molecule has 0 unspecified atom stereocenters. The van der Waals surface area contributed by atoms with Gasteiger partial charge >= 0.3 is 0 Å². The van der Waals surface area contributed by atoms with E-state index in [9.17, 15) is 19.8 Å². The quantitative estimate of drug-likeness (QED) is 0.430. The van der Waals surface area contributed by atoms with Crippen molar-refractivity contribution in [3.05, 3.63) is 52.6 Å². The molecule has 3 rings (SSSR count). The number of anilines is 1. The molecule has 0 heterocycles. The molecular weight excluding hydrogens is 296 g/mol. The van der Waals surface area contributed by atoms with Crippen LogP contribution in [0.1, 0.15) is 31.8 Å². The van der Waals surface area contributed by atoms with Gasteiger partial charge in [0, 0.05) is 24.3 Å². The maximum atomic E-state index is 12.8. The predicted molar refractivity (Wildman–Crippen MR) is 85.5 cm³/mol. The number of hydrogen-bond donors (Lipinski definition) is 4. The number of nitrogens with one attached hydrogen (secondary N) is 2. The van der Waals surface area contributed by atoms with E-state index < -0.39 is 11.6 Å². The first-order valence-corrected chi connectivity index (χ1v) is 7.22. The maximum Gasteiger partial charge on any atom is 0.200 e. The second-order valence-electron chi connectivity index (χ2n) is 5.27. The molecule has 0 saturated carbocycles. The molecule has 0 saturated heterocycles. The van der Waals surface area contributed by atoms with Crippen molar-refractivity contribution in [2.24, 2.45) is 0 Å². The Morgan fingerprint density at radius 3 is 2.17 bits per heavy atom. The highest BCUT2D eigenvalue weighted by molar-refractivity contribution is 6.31. The summed E-state index contributed by atoms with van der Waals surface area (Å²) < 4.78 is 0. The number of likely N-dealkylation sites (N-methyl/N-ethyl adjacent to an activating group) is 1. The maximum absolute atomic E-state index is 12.8. The summed E-state index contributed by atoms with van der Waals surface area (Å²) in [5.74, 6) is -1.57. The summed E-state index contributed by atoms with van der Waals surface area (Å²) in [6, 6.07) is 7.35. The summed E-state index contributed by atoms with van der Waals surface area (Å²) in [5, 5.41) is 26.0. The van der Waals surface area contributed by atoms with Crippen molar-refractivity contribution < 1.29 is 19.8 Å². The number of carbonyl (C=O) groups excluding carboxylic acids is 2. The van der Waals surface area contributed by atoms with Crippen LogP contribution in [0.15, 0.2) is 30.3 Å². The van der Waals surface area contributed by atoms with Gasteiger partial charge in [0.1, 0.15) is 11.5 Å². The molecule has 1 aliphatic rings. The van der Waals surface area contributed by atoms with Crippen molar-refractivity contribution in [3.63, 3.8) is 0 Å². The average Bonchev–Trinajstić information content (AvgIpc) is 2.54. The lowest BCUT2D eigenvalue weighted by atomic mass is 9.82. The lowest BCUT2D eigenvalue weighted by Crippen LogP contribution is -2.24. The third-order valence-corrected chi connectivity index (χ3v) is 3.84. The summed E-state index contributed by atoms with van der Waals surface area (Å²) in [4.78, 5) is 25.4. The topological polar surface area (TPSA) is 98.7 Å². The summed E-state index contributed by atoms with van der Waals surface area (Å²) in [5.41, 5.74) is 0.685. The minimum atomic E-state index is -0.476. The normalized spacial score (nSPS) is 12.7. The first-order valence-electron chi connectivity index (χ1n) is 7.22. The number of rotatable bonds is 4. The van der Waals surface area contributed by atoms with Gasteiger partial charge in [-0.3, -0.25) is 9.59 Å². The van der Waals surface area contributed by atoms with Crippen LogP contribution in [-0.2, 0) is 0 Å². The van der Waals surface area contributed by atoms with Gasteiger partial charge in [0.25, 0.3) is 0 Å². The SMILES string of the molecule is CNCCNc1cccc2c1C(=O)c1c(O)ccc(O)c1C2=O. The molecule has 0 spiro atoms. The molecule has 0 atom stereocenters. The van der Waals surface area contributed by atoms with Crippen LogP contribution in [0.4, 0.5) is 5.69 Å². The lowest BCUT2D eigenvalue weighted by Gasteiger charge is -2.22. The lowest BCUT2D eigenvalue weighted by molar-refractivity contribution is 0.0974. The minimum Gasteiger partial charge on any atom is -0.507 e. The molecule has 23 heavy (non-hydrogen) atoms. The van der Waals surface area contributed by atoms with Crippen LogP contribution in [0.25, 0.3) is 0 Å². The van der Waals surface area contributed by atoms with Crippen molar-refractivity contribution in [2.45, 2.75) is 0 Å². The molecule has 0 aliphatic heterocycles. The second kappa shape index (κ2) is 5.73. The molecule has 6 nitrogen and oxygen atoms in total. The third kappa shape index (κ3) is 2.33. The van der Waals surface area contributed by atoms with E-state index in [2.05, 4.69) is 10.6 Å². The Balaban J connectivity index is 2.16. The van der Waals surface area contributed by atoms with Gasteiger partial charge in [0.15, 0.2) is 11.6 Å². The molecule has 6 heteroatoms. The van der Waals surface area contributed by atoms with Gasteiger partial charge in [-0.1, -0.05) is 12.1 Å². The Hall–Kier alpha value is -2.86. The van der Waals surface area contributed by atoms with Gasteiger partial charge in [-0.2, -0.15) is 0 Å². The van der Waals surface area contributed by atoms with Crippen molar-refractivity contribution >= 4 is 17.3 Å². The molecule has 2 aromatic rings. The third-order valence-electron chi connectivity index (χ3n) is 3.84. The largest absolute Gasteiger partial charge is 0.507 e. The van der Waals surface area contributed by atoms with E-state index in [1.807, 2.05) is 7.05 Å². The van der Waals surface area contributed by atoms with Crippen LogP contribution >= 0.6 is 0 Å². The van der Waals surface area contributed by atoms with Crippen LogP contribution in [-0.4, -0.2) is 41.9 Å². The van der Waals surface area contributed by atoms with Gasteiger partial charge < -0.3 is 20.8 Å². The summed E-state index contributed by atoms with van der Waals surface area (Å²) >= 11 is 0. The number of ketones is 2. The Morgan fingerprint density at radius 1 is 0.870 bits per heavy atom.